The number of aliphatic hydroxyl groups is 2. The third kappa shape index (κ3) is 4.91. The van der Waals surface area contributed by atoms with Crippen LogP contribution < -0.4 is 0 Å². The molecule has 3 N–H and O–H groups in total. The van der Waals surface area contributed by atoms with Crippen LogP contribution in [0.2, 0.25) is 0 Å². The third-order valence-corrected chi connectivity index (χ3v) is 2.67. The van der Waals surface area contributed by atoms with E-state index in [4.69, 9.17) is 38.5 Å². The highest BCUT2D eigenvalue weighted by Gasteiger charge is 2.26. The Morgan fingerprint density at radius 1 is 1.18 bits per heavy atom. The normalized spacial score (nSPS) is 13.0. The summed E-state index contributed by atoms with van der Waals surface area (Å²) in [5, 5.41) is 24.7. The molecular weight excluding hydrogens is 275 g/mol. The van der Waals surface area contributed by atoms with E-state index in [1.165, 1.54) is 6.92 Å². The minimum absolute atomic E-state index is 0.321. The van der Waals surface area contributed by atoms with Gasteiger partial charge in [0.05, 0.1) is 13.2 Å². The van der Waals surface area contributed by atoms with Crippen molar-refractivity contribution in [1.29, 1.82) is 0 Å². The van der Waals surface area contributed by atoms with Gasteiger partial charge < -0.3 is 20.1 Å². The number of carboxylic acid groups (broad SMARTS) is 1. The molecule has 8 heteroatoms. The number of aliphatic hydroxyl groups excluding tert-OH is 2. The van der Waals surface area contributed by atoms with Crippen LogP contribution in [-0.2, 0) is 14.3 Å². The Kier molecular flexibility index (Phi) is 6.48. The lowest BCUT2D eigenvalue weighted by Crippen LogP contribution is -2.32. The van der Waals surface area contributed by atoms with E-state index < -0.39 is 40.6 Å². The second-order valence-electron chi connectivity index (χ2n) is 3.64. The highest BCUT2D eigenvalue weighted by molar-refractivity contribution is 6.52. The minimum atomic E-state index is -1.55. The zero-order valence-corrected chi connectivity index (χ0v) is 10.5. The van der Waals surface area contributed by atoms with Gasteiger partial charge in [-0.05, 0) is 0 Å². The van der Waals surface area contributed by atoms with Crippen LogP contribution in [0.3, 0.4) is 0 Å². The Hall–Kier alpha value is -0.820. The van der Waals surface area contributed by atoms with Crippen molar-refractivity contribution >= 4 is 35.1 Å². The number of halogens is 2. The monoisotopic (exact) mass is 286 g/mol. The number of esters is 1. The second kappa shape index (κ2) is 6.80. The molecule has 0 heterocycles. The molecule has 6 nitrogen and oxygen atoms in total. The van der Waals surface area contributed by atoms with Gasteiger partial charge in [-0.15, -0.1) is 0 Å². The zero-order chi connectivity index (χ0) is 13.6. The van der Waals surface area contributed by atoms with E-state index in [0.29, 0.717) is 0 Å². The Morgan fingerprint density at radius 2 is 1.65 bits per heavy atom. The van der Waals surface area contributed by atoms with E-state index in [2.05, 4.69) is 4.74 Å². The van der Waals surface area contributed by atoms with Crippen molar-refractivity contribution in [2.24, 2.45) is 5.41 Å². The van der Waals surface area contributed by atoms with Crippen molar-refractivity contribution in [1.82, 2.24) is 0 Å². The van der Waals surface area contributed by atoms with Crippen LogP contribution in [0.1, 0.15) is 6.92 Å². The predicted molar refractivity (Wildman–Crippen MR) is 59.6 cm³/mol. The molecule has 0 aromatic heterocycles. The average molecular weight is 287 g/mol. The Morgan fingerprint density at radius 3 is 2.00 bits per heavy atom. The summed E-state index contributed by atoms with van der Waals surface area (Å²) >= 11 is 10.6. The SMILES string of the molecule is CC(CO)(CO)COC(=O)C(Cl)=C(Cl)C(=O)O. The van der Waals surface area contributed by atoms with E-state index in [1.807, 2.05) is 0 Å². The summed E-state index contributed by atoms with van der Waals surface area (Å²) in [5.74, 6) is -2.69. The largest absolute Gasteiger partial charge is 0.477 e. The van der Waals surface area contributed by atoms with Crippen molar-refractivity contribution in [2.45, 2.75) is 6.92 Å². The van der Waals surface area contributed by atoms with Crippen LogP contribution in [0, 0.1) is 5.41 Å². The van der Waals surface area contributed by atoms with Crippen LogP contribution in [0.5, 0.6) is 0 Å². The number of hydrogen-bond donors (Lipinski definition) is 3. The lowest BCUT2D eigenvalue weighted by Gasteiger charge is -2.23. The fourth-order valence-electron chi connectivity index (χ4n) is 0.628. The maximum Gasteiger partial charge on any atom is 0.351 e. The van der Waals surface area contributed by atoms with E-state index in [0.717, 1.165) is 0 Å². The fourth-order valence-corrected chi connectivity index (χ4v) is 0.840. The van der Waals surface area contributed by atoms with Crippen molar-refractivity contribution in [3.8, 4) is 0 Å². The molecule has 0 bridgehead atoms. The van der Waals surface area contributed by atoms with Crippen molar-refractivity contribution in [3.05, 3.63) is 10.1 Å². The number of carbonyl (C=O) groups is 2. The number of carbonyl (C=O) groups excluding carboxylic acids is 1. The first-order valence-corrected chi connectivity index (χ1v) is 5.20. The molecule has 0 saturated heterocycles. The summed E-state index contributed by atoms with van der Waals surface area (Å²) in [5.41, 5.74) is -1.03. The van der Waals surface area contributed by atoms with Crippen LogP contribution in [-0.4, -0.2) is 47.1 Å². The van der Waals surface area contributed by atoms with Gasteiger partial charge in [0.25, 0.3) is 0 Å². The summed E-state index contributed by atoms with van der Waals surface area (Å²) < 4.78 is 4.63. The molecule has 0 spiro atoms. The lowest BCUT2D eigenvalue weighted by atomic mass is 9.95. The quantitative estimate of drug-likeness (QED) is 0.479. The van der Waals surface area contributed by atoms with Gasteiger partial charge >= 0.3 is 11.9 Å². The number of ether oxygens (including phenoxy) is 1. The molecule has 0 radical (unpaired) electrons. The second-order valence-corrected chi connectivity index (χ2v) is 4.39. The Bertz CT molecular complexity index is 334. The van der Waals surface area contributed by atoms with Crippen LogP contribution >= 0.6 is 23.2 Å². The number of carboxylic acids is 1. The fraction of sp³-hybridized carbons (Fsp3) is 0.556. The van der Waals surface area contributed by atoms with Crippen molar-refractivity contribution < 1.29 is 29.6 Å². The van der Waals surface area contributed by atoms with Gasteiger partial charge in [0, 0.05) is 5.41 Å². The molecule has 0 aromatic rings. The van der Waals surface area contributed by atoms with Crippen molar-refractivity contribution in [3.63, 3.8) is 0 Å². The number of aliphatic carboxylic acids is 1. The standard InChI is InChI=1S/C9H12Cl2O6/c1-9(2-12,3-13)4-17-8(16)6(11)5(10)7(14)15/h12-13H,2-4H2,1H3,(H,14,15). The third-order valence-electron chi connectivity index (χ3n) is 1.87. The van der Waals surface area contributed by atoms with Gasteiger partial charge in [0.2, 0.25) is 0 Å². The molecule has 0 rings (SSSR count). The summed E-state index contributed by atoms with van der Waals surface area (Å²) in [6.07, 6.45) is 0. The van der Waals surface area contributed by atoms with E-state index in [1.54, 1.807) is 0 Å². The summed E-state index contributed by atoms with van der Waals surface area (Å²) in [6, 6.07) is 0. The smallest absolute Gasteiger partial charge is 0.351 e. The van der Waals surface area contributed by atoms with Crippen LogP contribution in [0.4, 0.5) is 0 Å². The summed E-state index contributed by atoms with van der Waals surface area (Å²) in [6.45, 7) is 0.324. The molecule has 0 unspecified atom stereocenters. The highest BCUT2D eigenvalue weighted by Crippen LogP contribution is 2.19. The Labute approximate surface area is 107 Å². The molecule has 0 fully saturated rings. The molecule has 17 heavy (non-hydrogen) atoms. The maximum atomic E-state index is 11.2. The maximum absolute atomic E-state index is 11.2. The lowest BCUT2D eigenvalue weighted by molar-refractivity contribution is -0.144. The number of hydrogen-bond acceptors (Lipinski definition) is 5. The molecule has 98 valence electrons. The molecule has 0 aliphatic carbocycles. The highest BCUT2D eigenvalue weighted by atomic mass is 35.5. The van der Waals surface area contributed by atoms with Crippen LogP contribution in [0.25, 0.3) is 0 Å². The van der Waals surface area contributed by atoms with Gasteiger partial charge in [-0.25, -0.2) is 9.59 Å². The molecule has 0 aromatic carbocycles. The topological polar surface area (TPSA) is 104 Å². The van der Waals surface area contributed by atoms with E-state index >= 15 is 0 Å². The van der Waals surface area contributed by atoms with E-state index in [9.17, 15) is 9.59 Å². The zero-order valence-electron chi connectivity index (χ0n) is 8.94. The molecular formula is C9H12Cl2O6. The first-order valence-electron chi connectivity index (χ1n) is 4.45. The molecule has 0 saturated carbocycles. The van der Waals surface area contributed by atoms with Gasteiger partial charge in [0.1, 0.15) is 6.61 Å². The van der Waals surface area contributed by atoms with Gasteiger partial charge in [0.15, 0.2) is 10.1 Å². The summed E-state index contributed by atoms with van der Waals surface area (Å²) in [4.78, 5) is 21.6. The van der Waals surface area contributed by atoms with Crippen LogP contribution in [0.15, 0.2) is 10.1 Å². The summed E-state index contributed by atoms with van der Waals surface area (Å²) in [7, 11) is 0. The molecule has 0 amide bonds. The van der Waals surface area contributed by atoms with Crippen molar-refractivity contribution in [2.75, 3.05) is 19.8 Å². The molecule has 0 aliphatic heterocycles. The minimum Gasteiger partial charge on any atom is -0.477 e. The number of rotatable bonds is 6. The Balaban J connectivity index is 4.58. The van der Waals surface area contributed by atoms with Gasteiger partial charge in [-0.1, -0.05) is 30.1 Å². The van der Waals surface area contributed by atoms with E-state index in [-0.39, 0.29) is 6.61 Å². The van der Waals surface area contributed by atoms with Gasteiger partial charge in [-0.3, -0.25) is 0 Å². The molecule has 0 aliphatic rings. The van der Waals surface area contributed by atoms with Gasteiger partial charge in [-0.2, -0.15) is 0 Å². The first kappa shape index (κ1) is 16.2. The molecule has 0 atom stereocenters. The average Bonchev–Trinajstić information content (AvgIpc) is 2.33. The first-order chi connectivity index (χ1) is 7.77. The predicted octanol–water partition coefficient (Wildman–Crippen LogP) is 0.294.